The first-order valence-electron chi connectivity index (χ1n) is 13.7. The van der Waals surface area contributed by atoms with Crippen molar-refractivity contribution in [1.82, 2.24) is 19.8 Å². The van der Waals surface area contributed by atoms with E-state index in [9.17, 15) is 27.9 Å². The van der Waals surface area contributed by atoms with Gasteiger partial charge >= 0.3 is 0 Å². The minimum absolute atomic E-state index is 0.119. The zero-order chi connectivity index (χ0) is 31.3. The fourth-order valence-electron chi connectivity index (χ4n) is 5.63. The second-order valence-corrected chi connectivity index (χ2v) is 15.5. The highest BCUT2D eigenvalue weighted by molar-refractivity contribution is 7.89. The number of aliphatic hydroxyl groups is 1. The summed E-state index contributed by atoms with van der Waals surface area (Å²) in [4.78, 5) is 43.9. The van der Waals surface area contributed by atoms with Crippen molar-refractivity contribution >= 4 is 72.4 Å². The average molecular weight is 668 g/mol. The van der Waals surface area contributed by atoms with Gasteiger partial charge in [0.05, 0.1) is 28.6 Å². The van der Waals surface area contributed by atoms with Crippen LogP contribution in [0.3, 0.4) is 0 Å². The molecule has 230 valence electrons. The Labute approximate surface area is 264 Å². The number of halogens is 2. The van der Waals surface area contributed by atoms with Gasteiger partial charge in [-0.05, 0) is 47.6 Å². The molecule has 10 nitrogen and oxygen atoms in total. The molecule has 2 aliphatic heterocycles. The number of hydrogen-bond acceptors (Lipinski definition) is 7. The fraction of sp³-hybridized carbons (Fsp3) is 0.414. The van der Waals surface area contributed by atoms with Crippen LogP contribution < -0.4 is 10.0 Å². The summed E-state index contributed by atoms with van der Waals surface area (Å²) in [6, 6.07) is 10.4. The number of sulfonamides is 1. The van der Waals surface area contributed by atoms with E-state index in [-0.39, 0.29) is 51.9 Å². The van der Waals surface area contributed by atoms with Crippen LogP contribution >= 0.6 is 34.5 Å². The highest BCUT2D eigenvalue weighted by Gasteiger charge is 2.50. The van der Waals surface area contributed by atoms with Crippen molar-refractivity contribution in [3.63, 3.8) is 0 Å². The number of fused-ring (bicyclic) bond motifs is 3. The topological polar surface area (TPSA) is 136 Å². The standard InChI is InChI=1S/C29H32Cl2N4O6S2/c1-29(2,3)25(32-26(37)23-10-16-6-4-5-7-22(16)42-23)28(39)35-14-18-12-19(35)13-34(18)27(38)21(15-36)33-43(40,41)24-9-8-17(30)11-20(24)31/h4-11,18-19,21,25,33,36H,12-15H2,1-3H3,(H,32,37)/t18-,19-,21+,25?/m0/s1. The summed E-state index contributed by atoms with van der Waals surface area (Å²) < 4.78 is 29.1. The number of amides is 3. The molecule has 2 fully saturated rings. The minimum atomic E-state index is -4.25. The van der Waals surface area contributed by atoms with Crippen LogP contribution in [0.5, 0.6) is 0 Å². The third-order valence-electron chi connectivity index (χ3n) is 7.81. The second kappa shape index (κ2) is 12.0. The molecule has 2 aliphatic rings. The monoisotopic (exact) mass is 666 g/mol. The van der Waals surface area contributed by atoms with E-state index >= 15 is 0 Å². The fourth-order valence-corrected chi connectivity index (χ4v) is 8.55. The normalized spacial score (nSPS) is 20.0. The first-order valence-corrected chi connectivity index (χ1v) is 16.7. The highest BCUT2D eigenvalue weighted by Crippen LogP contribution is 2.34. The van der Waals surface area contributed by atoms with Crippen molar-refractivity contribution in [3.05, 3.63) is 63.5 Å². The van der Waals surface area contributed by atoms with E-state index in [4.69, 9.17) is 23.2 Å². The third-order valence-corrected chi connectivity index (χ3v) is 11.1. The van der Waals surface area contributed by atoms with E-state index in [0.717, 1.165) is 10.1 Å². The van der Waals surface area contributed by atoms with Crippen LogP contribution in [0.4, 0.5) is 0 Å². The molecule has 2 saturated heterocycles. The second-order valence-electron chi connectivity index (χ2n) is 11.9. The maximum atomic E-state index is 13.8. The van der Waals surface area contributed by atoms with Gasteiger partial charge in [0.1, 0.15) is 17.0 Å². The number of rotatable bonds is 8. The van der Waals surface area contributed by atoms with Crippen LogP contribution in [0.25, 0.3) is 10.1 Å². The van der Waals surface area contributed by atoms with Crippen molar-refractivity contribution in [2.45, 2.75) is 56.3 Å². The lowest BCUT2D eigenvalue weighted by molar-refractivity contribution is -0.143. The third kappa shape index (κ3) is 6.40. The molecule has 0 spiro atoms. The summed E-state index contributed by atoms with van der Waals surface area (Å²) in [5, 5.41) is 14.0. The molecule has 4 atom stereocenters. The summed E-state index contributed by atoms with van der Waals surface area (Å²) >= 11 is 13.3. The van der Waals surface area contributed by atoms with Gasteiger partial charge in [0.25, 0.3) is 5.91 Å². The number of carbonyl (C=O) groups is 3. The van der Waals surface area contributed by atoms with Gasteiger partial charge in [-0.3, -0.25) is 14.4 Å². The lowest BCUT2D eigenvalue weighted by Crippen LogP contribution is -2.60. The van der Waals surface area contributed by atoms with Crippen molar-refractivity contribution in [2.24, 2.45) is 5.41 Å². The lowest BCUT2D eigenvalue weighted by atomic mass is 9.85. The Bertz CT molecular complexity index is 1660. The van der Waals surface area contributed by atoms with Gasteiger partial charge in [-0.25, -0.2) is 8.42 Å². The van der Waals surface area contributed by atoms with Gasteiger partial charge in [0, 0.05) is 22.8 Å². The van der Waals surface area contributed by atoms with Crippen molar-refractivity contribution < 1.29 is 27.9 Å². The Morgan fingerprint density at radius 3 is 2.26 bits per heavy atom. The Morgan fingerprint density at radius 2 is 1.67 bits per heavy atom. The number of nitrogens with zero attached hydrogens (tertiary/aromatic N) is 2. The molecule has 0 aliphatic carbocycles. The summed E-state index contributed by atoms with van der Waals surface area (Å²) in [6.07, 6.45) is 0.506. The van der Waals surface area contributed by atoms with E-state index in [1.165, 1.54) is 34.4 Å². The smallest absolute Gasteiger partial charge is 0.262 e. The van der Waals surface area contributed by atoms with E-state index in [1.54, 1.807) is 4.90 Å². The minimum Gasteiger partial charge on any atom is -0.394 e. The predicted molar refractivity (Wildman–Crippen MR) is 166 cm³/mol. The van der Waals surface area contributed by atoms with E-state index < -0.39 is 40.0 Å². The van der Waals surface area contributed by atoms with E-state index in [2.05, 4.69) is 10.0 Å². The maximum absolute atomic E-state index is 13.8. The van der Waals surface area contributed by atoms with E-state index in [1.807, 2.05) is 51.1 Å². The van der Waals surface area contributed by atoms with Gasteiger partial charge < -0.3 is 20.2 Å². The van der Waals surface area contributed by atoms with Crippen LogP contribution in [0.2, 0.25) is 10.0 Å². The molecule has 0 radical (unpaired) electrons. The number of hydrogen-bond donors (Lipinski definition) is 3. The molecule has 3 heterocycles. The molecular formula is C29H32Cl2N4O6S2. The Hall–Kier alpha value is -2.74. The van der Waals surface area contributed by atoms with Crippen LogP contribution in [0, 0.1) is 5.41 Å². The number of likely N-dealkylation sites (tertiary alicyclic amines) is 2. The van der Waals surface area contributed by atoms with Crippen LogP contribution in [0.15, 0.2) is 53.4 Å². The van der Waals surface area contributed by atoms with Crippen LogP contribution in [0.1, 0.15) is 36.9 Å². The highest BCUT2D eigenvalue weighted by atomic mass is 35.5. The molecule has 2 aromatic carbocycles. The van der Waals surface area contributed by atoms with Gasteiger partial charge in [-0.2, -0.15) is 4.72 Å². The average Bonchev–Trinajstić information content (AvgIpc) is 3.67. The molecule has 0 saturated carbocycles. The molecule has 3 aromatic rings. The molecule has 43 heavy (non-hydrogen) atoms. The van der Waals surface area contributed by atoms with Crippen LogP contribution in [-0.2, 0) is 19.6 Å². The molecule has 14 heteroatoms. The summed E-state index contributed by atoms with van der Waals surface area (Å²) in [7, 11) is -4.25. The molecular weight excluding hydrogens is 635 g/mol. The summed E-state index contributed by atoms with van der Waals surface area (Å²) in [6.45, 7) is 5.29. The summed E-state index contributed by atoms with van der Waals surface area (Å²) in [5.41, 5.74) is -0.593. The number of nitrogens with one attached hydrogen (secondary N) is 2. The number of benzene rings is 2. The Morgan fingerprint density at radius 1 is 1.02 bits per heavy atom. The first kappa shape index (κ1) is 31.7. The molecule has 2 bridgehead atoms. The van der Waals surface area contributed by atoms with E-state index in [0.29, 0.717) is 11.3 Å². The first-order chi connectivity index (χ1) is 20.2. The van der Waals surface area contributed by atoms with Gasteiger partial charge in [-0.15, -0.1) is 11.3 Å². The molecule has 5 rings (SSSR count). The van der Waals surface area contributed by atoms with Crippen molar-refractivity contribution in [2.75, 3.05) is 19.7 Å². The number of thiophene rings is 1. The largest absolute Gasteiger partial charge is 0.394 e. The molecule has 1 aromatic heterocycles. The van der Waals surface area contributed by atoms with Crippen LogP contribution in [-0.4, -0.2) is 84.9 Å². The number of carbonyl (C=O) groups excluding carboxylic acids is 3. The quantitative estimate of drug-likeness (QED) is 0.337. The molecule has 3 N–H and O–H groups in total. The molecule has 1 unspecified atom stereocenters. The summed E-state index contributed by atoms with van der Waals surface area (Å²) in [5.74, 6) is -1.16. The maximum Gasteiger partial charge on any atom is 0.262 e. The molecule has 3 amide bonds. The zero-order valence-corrected chi connectivity index (χ0v) is 26.9. The van der Waals surface area contributed by atoms with Crippen molar-refractivity contribution in [3.8, 4) is 0 Å². The number of piperazine rings is 1. The SMILES string of the molecule is CC(C)(C)C(NC(=O)c1cc2ccccc2s1)C(=O)N1C[C@@H]2C[C@H]1CN2C(=O)[C@@H](CO)NS(=O)(=O)c1ccc(Cl)cc1Cl. The zero-order valence-electron chi connectivity index (χ0n) is 23.7. The lowest BCUT2D eigenvalue weighted by Gasteiger charge is -2.39. The predicted octanol–water partition coefficient (Wildman–Crippen LogP) is 3.50. The van der Waals surface area contributed by atoms with Crippen molar-refractivity contribution in [1.29, 1.82) is 0 Å². The van der Waals surface area contributed by atoms with Gasteiger partial charge in [-0.1, -0.05) is 62.2 Å². The van der Waals surface area contributed by atoms with Gasteiger partial charge in [0.2, 0.25) is 21.8 Å². The Kier molecular flexibility index (Phi) is 8.83. The Balaban J connectivity index is 1.26. The van der Waals surface area contributed by atoms with Gasteiger partial charge in [0.15, 0.2) is 0 Å². The number of aliphatic hydroxyl groups excluding tert-OH is 1.